The maximum atomic E-state index is 12.5. The van der Waals surface area contributed by atoms with Crippen LogP contribution in [-0.2, 0) is 4.79 Å². The van der Waals surface area contributed by atoms with Gasteiger partial charge in [0.25, 0.3) is 0 Å². The molecule has 1 fully saturated rings. The van der Waals surface area contributed by atoms with Crippen molar-refractivity contribution in [3.8, 4) is 11.5 Å². The van der Waals surface area contributed by atoms with E-state index in [-0.39, 0.29) is 30.6 Å². The number of fused-ring (bicyclic) bond motifs is 1. The molecule has 3 rings (SSSR count). The smallest absolute Gasteiger partial charge is 0.223 e. The van der Waals surface area contributed by atoms with Gasteiger partial charge >= 0.3 is 0 Å². The average Bonchev–Trinajstić information content (AvgIpc) is 2.90. The van der Waals surface area contributed by atoms with Crippen LogP contribution in [0, 0.1) is 0 Å². The highest BCUT2D eigenvalue weighted by atomic mass is 16.5. The third-order valence-corrected chi connectivity index (χ3v) is 5.26. The molecule has 0 unspecified atom stereocenters. The number of nitrogens with zero attached hydrogens (tertiary/aromatic N) is 2. The van der Waals surface area contributed by atoms with Crippen molar-refractivity contribution in [2.75, 3.05) is 40.4 Å². The minimum Gasteiger partial charge on any atom is -0.490 e. The molecule has 6 heteroatoms. The van der Waals surface area contributed by atoms with E-state index in [1.165, 1.54) is 0 Å². The van der Waals surface area contributed by atoms with Gasteiger partial charge in [0.15, 0.2) is 17.3 Å². The first-order valence-electron chi connectivity index (χ1n) is 9.41. The maximum absolute atomic E-state index is 12.5. The van der Waals surface area contributed by atoms with Crippen LogP contribution in [-0.4, -0.2) is 67.9 Å². The lowest BCUT2D eigenvalue weighted by Gasteiger charge is -2.35. The second kappa shape index (κ2) is 8.54. The monoisotopic (exact) mass is 360 g/mol. The standard InChI is InChI=1S/C20H28N2O4/c1-21-10-8-16(9-11-21)22(2)20(24)7-5-17(23)15-4-6-18-19(14-15)26-13-3-12-25-18/h4,6,14,16H,3,5,7-13H2,1-2H3. The third-order valence-electron chi connectivity index (χ3n) is 5.26. The fraction of sp³-hybridized carbons (Fsp3) is 0.600. The van der Waals surface area contributed by atoms with Crippen molar-refractivity contribution in [1.29, 1.82) is 0 Å². The molecular weight excluding hydrogens is 332 g/mol. The average molecular weight is 360 g/mol. The Hall–Kier alpha value is -2.08. The molecule has 26 heavy (non-hydrogen) atoms. The molecule has 6 nitrogen and oxygen atoms in total. The summed E-state index contributed by atoms with van der Waals surface area (Å²) in [7, 11) is 3.96. The van der Waals surface area contributed by atoms with Gasteiger partial charge in [-0.1, -0.05) is 0 Å². The van der Waals surface area contributed by atoms with E-state index in [4.69, 9.17) is 9.47 Å². The molecule has 142 valence electrons. The number of piperidine rings is 1. The Bertz CT molecular complexity index is 653. The van der Waals surface area contributed by atoms with Crippen LogP contribution < -0.4 is 9.47 Å². The van der Waals surface area contributed by atoms with Gasteiger partial charge in [-0.3, -0.25) is 9.59 Å². The van der Waals surface area contributed by atoms with Crippen molar-refractivity contribution in [1.82, 2.24) is 9.80 Å². The van der Waals surface area contributed by atoms with Crippen LogP contribution in [0.4, 0.5) is 0 Å². The first-order valence-corrected chi connectivity index (χ1v) is 9.41. The molecular formula is C20H28N2O4. The van der Waals surface area contributed by atoms with Crippen LogP contribution in [0.25, 0.3) is 0 Å². The first kappa shape index (κ1) is 18.7. The molecule has 0 N–H and O–H groups in total. The molecule has 0 saturated carbocycles. The minimum atomic E-state index is -0.0363. The molecule has 1 aromatic carbocycles. The summed E-state index contributed by atoms with van der Waals surface area (Å²) in [6.07, 6.45) is 3.28. The lowest BCUT2D eigenvalue weighted by Crippen LogP contribution is -2.44. The fourth-order valence-electron chi connectivity index (χ4n) is 3.46. The molecule has 0 bridgehead atoms. The summed E-state index contributed by atoms with van der Waals surface area (Å²) >= 11 is 0. The number of carbonyl (C=O) groups excluding carboxylic acids is 2. The van der Waals surface area contributed by atoms with Gasteiger partial charge in [0.2, 0.25) is 5.91 Å². The normalized spacial score (nSPS) is 18.2. The SMILES string of the molecule is CN1CCC(N(C)C(=O)CCC(=O)c2ccc3c(c2)OCCCO3)CC1. The number of benzene rings is 1. The van der Waals surface area contributed by atoms with E-state index in [0.717, 1.165) is 32.4 Å². The number of hydrogen-bond donors (Lipinski definition) is 0. The van der Waals surface area contributed by atoms with Crippen molar-refractivity contribution in [2.24, 2.45) is 0 Å². The number of amides is 1. The van der Waals surface area contributed by atoms with Gasteiger partial charge in [0.05, 0.1) is 13.2 Å². The summed E-state index contributed by atoms with van der Waals surface area (Å²) in [4.78, 5) is 29.0. The molecule has 2 aliphatic rings. The van der Waals surface area contributed by atoms with Crippen LogP contribution in [0.3, 0.4) is 0 Å². The van der Waals surface area contributed by atoms with E-state index < -0.39 is 0 Å². The lowest BCUT2D eigenvalue weighted by molar-refractivity contribution is -0.132. The van der Waals surface area contributed by atoms with Crippen LogP contribution in [0.15, 0.2) is 18.2 Å². The number of ether oxygens (including phenoxy) is 2. The van der Waals surface area contributed by atoms with Crippen molar-refractivity contribution in [3.63, 3.8) is 0 Å². The molecule has 0 spiro atoms. The van der Waals surface area contributed by atoms with E-state index in [1.807, 2.05) is 11.9 Å². The number of rotatable bonds is 5. The number of hydrogen-bond acceptors (Lipinski definition) is 5. The Morgan fingerprint density at radius 2 is 1.81 bits per heavy atom. The third kappa shape index (κ3) is 4.55. The van der Waals surface area contributed by atoms with E-state index in [9.17, 15) is 9.59 Å². The summed E-state index contributed by atoms with van der Waals surface area (Å²) in [5, 5.41) is 0. The highest BCUT2D eigenvalue weighted by molar-refractivity contribution is 5.98. The zero-order chi connectivity index (χ0) is 18.5. The van der Waals surface area contributed by atoms with Crippen molar-refractivity contribution in [3.05, 3.63) is 23.8 Å². The fourth-order valence-corrected chi connectivity index (χ4v) is 3.46. The zero-order valence-electron chi connectivity index (χ0n) is 15.7. The first-order chi connectivity index (χ1) is 12.5. The van der Waals surface area contributed by atoms with Crippen molar-refractivity contribution < 1.29 is 19.1 Å². The maximum Gasteiger partial charge on any atom is 0.223 e. The van der Waals surface area contributed by atoms with Gasteiger partial charge in [-0.05, 0) is 51.2 Å². The van der Waals surface area contributed by atoms with Gasteiger partial charge in [0.1, 0.15) is 0 Å². The Balaban J connectivity index is 1.53. The summed E-state index contributed by atoms with van der Waals surface area (Å²) in [5.41, 5.74) is 0.573. The predicted molar refractivity (Wildman–Crippen MR) is 98.9 cm³/mol. The van der Waals surface area contributed by atoms with Crippen LogP contribution in [0.1, 0.15) is 42.5 Å². The van der Waals surface area contributed by atoms with E-state index >= 15 is 0 Å². The number of likely N-dealkylation sites (tertiary alicyclic amines) is 1. The molecule has 1 amide bonds. The van der Waals surface area contributed by atoms with E-state index in [0.29, 0.717) is 30.3 Å². The van der Waals surface area contributed by atoms with E-state index in [1.54, 1.807) is 18.2 Å². The Labute approximate surface area is 155 Å². The van der Waals surface area contributed by atoms with Gasteiger partial charge in [-0.15, -0.1) is 0 Å². The molecule has 2 aliphatic heterocycles. The zero-order valence-corrected chi connectivity index (χ0v) is 15.7. The largest absolute Gasteiger partial charge is 0.490 e. The summed E-state index contributed by atoms with van der Waals surface area (Å²) in [6, 6.07) is 5.54. The molecule has 2 heterocycles. The van der Waals surface area contributed by atoms with Crippen molar-refractivity contribution >= 4 is 11.7 Å². The van der Waals surface area contributed by atoms with Crippen molar-refractivity contribution in [2.45, 2.75) is 38.1 Å². The summed E-state index contributed by atoms with van der Waals surface area (Å²) < 4.78 is 11.2. The second-order valence-corrected chi connectivity index (χ2v) is 7.17. The Morgan fingerprint density at radius 3 is 2.54 bits per heavy atom. The van der Waals surface area contributed by atoms with Crippen LogP contribution >= 0.6 is 0 Å². The molecule has 0 aromatic heterocycles. The number of carbonyl (C=O) groups is 2. The van der Waals surface area contributed by atoms with Gasteiger partial charge < -0.3 is 19.3 Å². The highest BCUT2D eigenvalue weighted by Crippen LogP contribution is 2.31. The molecule has 1 saturated heterocycles. The number of Topliss-reactive ketones (excluding diaryl/α,β-unsaturated/α-hetero) is 1. The quantitative estimate of drug-likeness (QED) is 0.755. The predicted octanol–water partition coefficient (Wildman–Crippen LogP) is 2.36. The molecule has 0 atom stereocenters. The van der Waals surface area contributed by atoms with Gasteiger partial charge in [0, 0.05) is 37.9 Å². The highest BCUT2D eigenvalue weighted by Gasteiger charge is 2.24. The Morgan fingerprint density at radius 1 is 1.12 bits per heavy atom. The topological polar surface area (TPSA) is 59.1 Å². The second-order valence-electron chi connectivity index (χ2n) is 7.17. The van der Waals surface area contributed by atoms with Crippen LogP contribution in [0.5, 0.6) is 11.5 Å². The lowest BCUT2D eigenvalue weighted by atomic mass is 10.0. The molecule has 1 aromatic rings. The Kier molecular flexibility index (Phi) is 6.14. The number of ketones is 1. The molecule has 0 radical (unpaired) electrons. The van der Waals surface area contributed by atoms with Crippen LogP contribution in [0.2, 0.25) is 0 Å². The van der Waals surface area contributed by atoms with E-state index in [2.05, 4.69) is 11.9 Å². The van der Waals surface area contributed by atoms with Gasteiger partial charge in [-0.25, -0.2) is 0 Å². The molecule has 0 aliphatic carbocycles. The van der Waals surface area contributed by atoms with Gasteiger partial charge in [-0.2, -0.15) is 0 Å². The minimum absolute atomic E-state index is 0.0363. The summed E-state index contributed by atoms with van der Waals surface area (Å²) in [6.45, 7) is 3.24. The summed E-state index contributed by atoms with van der Waals surface area (Å²) in [5.74, 6) is 1.30.